The second kappa shape index (κ2) is 8.35. The van der Waals surface area contributed by atoms with E-state index in [1.807, 2.05) is 38.1 Å². The van der Waals surface area contributed by atoms with E-state index in [2.05, 4.69) is 10.1 Å². The molecule has 0 spiro atoms. The highest BCUT2D eigenvalue weighted by Crippen LogP contribution is 2.39. The smallest absolute Gasteiger partial charge is 0.262 e. The third-order valence-corrected chi connectivity index (χ3v) is 6.49. The summed E-state index contributed by atoms with van der Waals surface area (Å²) in [6.45, 7) is 4.12. The molecule has 9 nitrogen and oxygen atoms in total. The van der Waals surface area contributed by atoms with Crippen molar-refractivity contribution in [3.8, 4) is 28.6 Å². The molecule has 0 N–H and O–H groups in total. The van der Waals surface area contributed by atoms with Crippen LogP contribution < -0.4 is 19.8 Å². The van der Waals surface area contributed by atoms with E-state index in [0.29, 0.717) is 45.0 Å². The van der Waals surface area contributed by atoms with Crippen molar-refractivity contribution in [2.75, 3.05) is 6.79 Å². The van der Waals surface area contributed by atoms with Crippen molar-refractivity contribution >= 4 is 22.7 Å². The van der Waals surface area contributed by atoms with Gasteiger partial charge >= 0.3 is 0 Å². The molecule has 1 fully saturated rings. The van der Waals surface area contributed by atoms with Gasteiger partial charge in [0.05, 0.1) is 22.8 Å². The van der Waals surface area contributed by atoms with Crippen molar-refractivity contribution < 1.29 is 18.7 Å². The normalized spacial score (nSPS) is 14.8. The number of hydrogen-bond donors (Lipinski definition) is 0. The minimum Gasteiger partial charge on any atom is -0.491 e. The molecule has 0 bridgehead atoms. The van der Waals surface area contributed by atoms with Crippen LogP contribution >= 0.6 is 11.8 Å². The molecule has 1 aliphatic heterocycles. The van der Waals surface area contributed by atoms with Gasteiger partial charge in [0.2, 0.25) is 18.5 Å². The summed E-state index contributed by atoms with van der Waals surface area (Å²) in [6.07, 6.45) is 2.04. The number of benzene rings is 2. The molecule has 3 heterocycles. The monoisotopic (exact) mass is 478 g/mol. The molecule has 1 aliphatic carbocycles. The third-order valence-electron chi connectivity index (χ3n) is 5.55. The van der Waals surface area contributed by atoms with Gasteiger partial charge in [-0.3, -0.25) is 9.36 Å². The summed E-state index contributed by atoms with van der Waals surface area (Å²) in [6, 6.07) is 11.2. The summed E-state index contributed by atoms with van der Waals surface area (Å²) in [5, 5.41) is 5.27. The molecular formula is C24H22N4O5S. The molecular weight excluding hydrogens is 456 g/mol. The first-order valence-electron chi connectivity index (χ1n) is 11.1. The Hall–Kier alpha value is -3.53. The number of nitrogens with zero attached hydrogens (tertiary/aromatic N) is 4. The molecule has 4 aromatic rings. The maximum atomic E-state index is 13.3. The van der Waals surface area contributed by atoms with Gasteiger partial charge in [-0.1, -0.05) is 16.9 Å². The molecule has 174 valence electrons. The lowest BCUT2D eigenvalue weighted by atomic mass is 10.2. The van der Waals surface area contributed by atoms with Crippen molar-refractivity contribution in [2.45, 2.75) is 49.7 Å². The number of fused-ring (bicyclic) bond motifs is 2. The van der Waals surface area contributed by atoms with E-state index < -0.39 is 0 Å². The van der Waals surface area contributed by atoms with Gasteiger partial charge in [-0.15, -0.1) is 0 Å². The first-order valence-corrected chi connectivity index (χ1v) is 12.1. The Morgan fingerprint density at radius 2 is 1.88 bits per heavy atom. The highest BCUT2D eigenvalue weighted by atomic mass is 32.2. The molecule has 2 aromatic carbocycles. The molecule has 10 heteroatoms. The van der Waals surface area contributed by atoms with Gasteiger partial charge in [-0.05, 0) is 57.0 Å². The van der Waals surface area contributed by atoms with Gasteiger partial charge in [0.25, 0.3) is 5.56 Å². The van der Waals surface area contributed by atoms with Crippen LogP contribution in [0.3, 0.4) is 0 Å². The van der Waals surface area contributed by atoms with Gasteiger partial charge in [0, 0.05) is 17.7 Å². The average Bonchev–Trinajstić information content (AvgIpc) is 3.35. The summed E-state index contributed by atoms with van der Waals surface area (Å²) in [4.78, 5) is 22.6. The van der Waals surface area contributed by atoms with Crippen molar-refractivity contribution in [2.24, 2.45) is 0 Å². The largest absolute Gasteiger partial charge is 0.491 e. The van der Waals surface area contributed by atoms with Gasteiger partial charge in [-0.25, -0.2) is 4.98 Å². The first kappa shape index (κ1) is 21.0. The van der Waals surface area contributed by atoms with E-state index in [-0.39, 0.29) is 24.5 Å². The lowest BCUT2D eigenvalue weighted by molar-refractivity contribution is 0.174. The number of aromatic nitrogens is 4. The minimum absolute atomic E-state index is 0.0665. The maximum Gasteiger partial charge on any atom is 0.262 e. The number of ether oxygens (including phenoxy) is 3. The molecule has 2 aromatic heterocycles. The Bertz CT molecular complexity index is 1430. The molecule has 2 aliphatic rings. The Kier molecular flexibility index (Phi) is 5.17. The predicted octanol–water partition coefficient (Wildman–Crippen LogP) is 4.59. The average molecular weight is 479 g/mol. The first-order chi connectivity index (χ1) is 16.5. The molecule has 34 heavy (non-hydrogen) atoms. The second-order valence-corrected chi connectivity index (χ2v) is 9.46. The highest BCUT2D eigenvalue weighted by Gasteiger charge is 2.29. The van der Waals surface area contributed by atoms with Crippen LogP contribution in [0.2, 0.25) is 0 Å². The van der Waals surface area contributed by atoms with Crippen LogP contribution in [0.15, 0.2) is 50.9 Å². The molecule has 0 radical (unpaired) electrons. The summed E-state index contributed by atoms with van der Waals surface area (Å²) >= 11 is 1.41. The van der Waals surface area contributed by atoms with Crippen LogP contribution in [0, 0.1) is 0 Å². The fraction of sp³-hybridized carbons (Fsp3) is 0.333. The van der Waals surface area contributed by atoms with E-state index in [1.54, 1.807) is 16.7 Å². The van der Waals surface area contributed by atoms with Crippen molar-refractivity contribution in [1.29, 1.82) is 0 Å². The van der Waals surface area contributed by atoms with E-state index >= 15 is 0 Å². The quantitative estimate of drug-likeness (QED) is 0.279. The number of rotatable bonds is 7. The van der Waals surface area contributed by atoms with Crippen molar-refractivity contribution in [3.05, 3.63) is 52.6 Å². The van der Waals surface area contributed by atoms with Gasteiger partial charge < -0.3 is 18.7 Å². The molecule has 6 rings (SSSR count). The fourth-order valence-electron chi connectivity index (χ4n) is 3.84. The Morgan fingerprint density at radius 1 is 1.12 bits per heavy atom. The Morgan fingerprint density at radius 3 is 2.62 bits per heavy atom. The van der Waals surface area contributed by atoms with Crippen LogP contribution in [0.1, 0.15) is 38.6 Å². The second-order valence-electron chi connectivity index (χ2n) is 8.51. The molecule has 1 saturated carbocycles. The highest BCUT2D eigenvalue weighted by molar-refractivity contribution is 7.98. The summed E-state index contributed by atoms with van der Waals surface area (Å²) in [5.74, 6) is 3.34. The van der Waals surface area contributed by atoms with E-state index in [4.69, 9.17) is 23.7 Å². The van der Waals surface area contributed by atoms with Crippen LogP contribution in [-0.2, 0) is 5.75 Å². The molecule has 0 unspecified atom stereocenters. The zero-order chi connectivity index (χ0) is 23.2. The molecule has 0 atom stereocenters. The van der Waals surface area contributed by atoms with Gasteiger partial charge in [-0.2, -0.15) is 4.98 Å². The number of thioether (sulfide) groups is 1. The van der Waals surface area contributed by atoms with Crippen LogP contribution in [-0.4, -0.2) is 32.6 Å². The molecule has 0 saturated heterocycles. The topological polar surface area (TPSA) is 102 Å². The van der Waals surface area contributed by atoms with Crippen LogP contribution in [0.4, 0.5) is 0 Å². The fourth-order valence-corrected chi connectivity index (χ4v) is 4.74. The lowest BCUT2D eigenvalue weighted by Crippen LogP contribution is -2.22. The van der Waals surface area contributed by atoms with Crippen molar-refractivity contribution in [3.63, 3.8) is 0 Å². The van der Waals surface area contributed by atoms with E-state index in [9.17, 15) is 4.79 Å². The Balaban J connectivity index is 1.25. The van der Waals surface area contributed by atoms with Gasteiger partial charge in [0.1, 0.15) is 5.75 Å². The zero-order valence-electron chi connectivity index (χ0n) is 18.7. The lowest BCUT2D eigenvalue weighted by Gasteiger charge is -2.12. The van der Waals surface area contributed by atoms with E-state index in [0.717, 1.165) is 24.2 Å². The Labute approximate surface area is 199 Å². The van der Waals surface area contributed by atoms with Gasteiger partial charge in [0.15, 0.2) is 16.7 Å². The summed E-state index contributed by atoms with van der Waals surface area (Å²) in [5.41, 5.74) is 1.36. The number of hydrogen-bond acceptors (Lipinski definition) is 9. The third kappa shape index (κ3) is 3.98. The van der Waals surface area contributed by atoms with Crippen LogP contribution in [0.5, 0.6) is 17.2 Å². The zero-order valence-corrected chi connectivity index (χ0v) is 19.5. The SMILES string of the molecule is CC(C)Oc1ccc(-c2noc(CSc3nc4cc5c(cc4c(=O)n3C3CC3)OCO5)n2)cc1. The van der Waals surface area contributed by atoms with Crippen molar-refractivity contribution in [1.82, 2.24) is 19.7 Å². The van der Waals surface area contributed by atoms with E-state index in [1.165, 1.54) is 11.8 Å². The minimum atomic E-state index is -0.0665. The standard InChI is InChI=1S/C24H22N4O5S/c1-13(2)32-16-7-3-14(4-8-16)22-26-21(33-27-22)11-34-24-25-18-10-20-19(30-12-31-20)9-17(18)23(29)28(24)15-5-6-15/h3-4,7-10,13,15H,5-6,11-12H2,1-2H3. The maximum absolute atomic E-state index is 13.3. The summed E-state index contributed by atoms with van der Waals surface area (Å²) in [7, 11) is 0. The van der Waals surface area contributed by atoms with Crippen LogP contribution in [0.25, 0.3) is 22.3 Å². The summed E-state index contributed by atoms with van der Waals surface area (Å²) < 4.78 is 23.8. The predicted molar refractivity (Wildman–Crippen MR) is 125 cm³/mol. The molecule has 0 amide bonds.